The summed E-state index contributed by atoms with van der Waals surface area (Å²) in [6.07, 6.45) is 1.49. The second-order valence-corrected chi connectivity index (χ2v) is 3.48. The van der Waals surface area contributed by atoms with Gasteiger partial charge in [-0.05, 0) is 36.1 Å². The molecule has 3 N–H and O–H groups in total. The first kappa shape index (κ1) is 11.9. The van der Waals surface area contributed by atoms with Crippen molar-refractivity contribution < 1.29 is 14.3 Å². The minimum atomic E-state index is -1.25. The number of carbonyl (C=O) groups is 1. The van der Waals surface area contributed by atoms with E-state index in [1.165, 1.54) is 12.1 Å². The molecule has 0 heterocycles. The topological polar surface area (TPSA) is 63.3 Å². The van der Waals surface area contributed by atoms with Gasteiger partial charge in [-0.3, -0.25) is 0 Å². The van der Waals surface area contributed by atoms with Crippen molar-refractivity contribution in [2.75, 3.05) is 0 Å². The van der Waals surface area contributed by atoms with E-state index in [4.69, 9.17) is 10.8 Å². The lowest BCUT2D eigenvalue weighted by molar-refractivity contribution is 0.0692. The number of carboxylic acid groups (broad SMARTS) is 1. The van der Waals surface area contributed by atoms with Crippen molar-refractivity contribution in [3.05, 3.63) is 34.6 Å². The Kier molecular flexibility index (Phi) is 3.31. The van der Waals surface area contributed by atoms with E-state index in [9.17, 15) is 9.18 Å². The fraction of sp³-hybridized carbons (Fsp3) is 0.300. The molecule has 0 fully saturated rings. The smallest absolute Gasteiger partial charge is 0.338 e. The first-order valence-electron chi connectivity index (χ1n) is 4.41. The van der Waals surface area contributed by atoms with Crippen LogP contribution < -0.4 is 5.73 Å². The van der Waals surface area contributed by atoms with Crippen LogP contribution in [0.5, 0.6) is 0 Å². The molecule has 0 radical (unpaired) electrons. The van der Waals surface area contributed by atoms with Crippen molar-refractivity contribution in [3.63, 3.8) is 0 Å². The lowest BCUT2D eigenvalue weighted by atomic mass is 10.0. The maximum absolute atomic E-state index is 13.2. The lowest BCUT2D eigenvalue weighted by Crippen LogP contribution is -2.08. The lowest BCUT2D eigenvalue weighted by Gasteiger charge is -2.06. The number of hydrogen-bond donors (Lipinski definition) is 2. The minimum Gasteiger partial charge on any atom is -0.478 e. The number of hydrogen-bond acceptors (Lipinski definition) is 2. The van der Waals surface area contributed by atoms with Crippen molar-refractivity contribution in [1.82, 2.24) is 0 Å². The summed E-state index contributed by atoms with van der Waals surface area (Å²) in [7, 11) is 0. The summed E-state index contributed by atoms with van der Waals surface area (Å²) in [5.41, 5.74) is 7.06. The Morgan fingerprint density at radius 1 is 1.53 bits per heavy atom. The van der Waals surface area contributed by atoms with Gasteiger partial charge >= 0.3 is 5.97 Å². The van der Waals surface area contributed by atoms with E-state index in [1.54, 1.807) is 0 Å². The predicted molar refractivity (Wildman–Crippen MR) is 55.9 cm³/mol. The summed E-state index contributed by atoms with van der Waals surface area (Å²) in [6, 6.07) is 2.49. The Labute approximate surface area is 92.5 Å². The number of benzene rings is 1. The van der Waals surface area contributed by atoms with Crippen molar-refractivity contribution in [1.29, 1.82) is 0 Å². The molecule has 0 spiro atoms. The number of halogens is 2. The summed E-state index contributed by atoms with van der Waals surface area (Å²) in [6.45, 7) is 0. The highest BCUT2D eigenvalue weighted by atomic mass is 35.5. The largest absolute Gasteiger partial charge is 0.478 e. The summed E-state index contributed by atoms with van der Waals surface area (Å²) in [5, 5.41) is 8.70. The Balaban J connectivity index is 0.00000112. The van der Waals surface area contributed by atoms with Gasteiger partial charge < -0.3 is 10.8 Å². The zero-order valence-corrected chi connectivity index (χ0v) is 8.68. The molecule has 0 saturated heterocycles. The molecule has 0 aliphatic heterocycles. The molecule has 2 rings (SSSR count). The van der Waals surface area contributed by atoms with Crippen molar-refractivity contribution in [2.24, 2.45) is 5.73 Å². The maximum atomic E-state index is 13.2. The van der Waals surface area contributed by atoms with Gasteiger partial charge in [0, 0.05) is 6.04 Å². The standard InChI is InChI=1S/C10H10FNO2.ClH/c11-8-3-5-1-2-9(12)6(5)4-7(8)10(13)14;/h3-4,9H,1-2,12H2,(H,13,14);1H/t9-;/m1./s1. The summed E-state index contributed by atoms with van der Waals surface area (Å²) in [5.74, 6) is -1.92. The van der Waals surface area contributed by atoms with E-state index in [0.717, 1.165) is 24.0 Å². The molecule has 0 saturated carbocycles. The van der Waals surface area contributed by atoms with E-state index >= 15 is 0 Å². The molecule has 1 atom stereocenters. The molecule has 0 bridgehead atoms. The van der Waals surface area contributed by atoms with Crippen LogP contribution in [0, 0.1) is 5.82 Å². The fourth-order valence-corrected chi connectivity index (χ4v) is 1.82. The quantitative estimate of drug-likeness (QED) is 0.776. The number of fused-ring (bicyclic) bond motifs is 1. The maximum Gasteiger partial charge on any atom is 0.338 e. The molecule has 1 aromatic carbocycles. The van der Waals surface area contributed by atoms with Crippen molar-refractivity contribution in [2.45, 2.75) is 18.9 Å². The highest BCUT2D eigenvalue weighted by Gasteiger charge is 2.23. The molecule has 1 aromatic rings. The Hall–Kier alpha value is -1.13. The number of aryl methyl sites for hydroxylation is 1. The first-order valence-corrected chi connectivity index (χ1v) is 4.41. The van der Waals surface area contributed by atoms with Crippen LogP contribution in [0.15, 0.2) is 12.1 Å². The van der Waals surface area contributed by atoms with Crippen LogP contribution in [0.2, 0.25) is 0 Å². The molecule has 1 aliphatic rings. The molecule has 0 unspecified atom stereocenters. The van der Waals surface area contributed by atoms with E-state index in [2.05, 4.69) is 0 Å². The summed E-state index contributed by atoms with van der Waals surface area (Å²) in [4.78, 5) is 10.6. The first-order chi connectivity index (χ1) is 6.59. The van der Waals surface area contributed by atoms with E-state index < -0.39 is 11.8 Å². The molecule has 5 heteroatoms. The van der Waals surface area contributed by atoms with Gasteiger partial charge in [0.25, 0.3) is 0 Å². The predicted octanol–water partition coefficient (Wildman–Crippen LogP) is 1.89. The summed E-state index contributed by atoms with van der Waals surface area (Å²) >= 11 is 0. The van der Waals surface area contributed by atoms with Crippen LogP contribution in [0.25, 0.3) is 0 Å². The fourth-order valence-electron chi connectivity index (χ4n) is 1.82. The van der Waals surface area contributed by atoms with Gasteiger partial charge in [0.15, 0.2) is 0 Å². The van der Waals surface area contributed by atoms with Gasteiger partial charge in [0.1, 0.15) is 5.82 Å². The van der Waals surface area contributed by atoms with Crippen LogP contribution in [0.3, 0.4) is 0 Å². The Morgan fingerprint density at radius 2 is 2.20 bits per heavy atom. The molecular formula is C10H11ClFNO2. The van der Waals surface area contributed by atoms with Crippen LogP contribution >= 0.6 is 12.4 Å². The zero-order chi connectivity index (χ0) is 10.3. The Bertz CT molecular complexity index is 409. The van der Waals surface area contributed by atoms with Gasteiger partial charge in [-0.1, -0.05) is 0 Å². The third-order valence-corrected chi connectivity index (χ3v) is 2.58. The van der Waals surface area contributed by atoms with E-state index in [-0.39, 0.29) is 24.0 Å². The molecular weight excluding hydrogens is 221 g/mol. The highest BCUT2D eigenvalue weighted by molar-refractivity contribution is 5.88. The average Bonchev–Trinajstić information content (AvgIpc) is 2.46. The molecule has 3 nitrogen and oxygen atoms in total. The molecule has 15 heavy (non-hydrogen) atoms. The number of aromatic carboxylic acids is 1. The number of carboxylic acids is 1. The van der Waals surface area contributed by atoms with Gasteiger partial charge in [-0.25, -0.2) is 9.18 Å². The van der Waals surface area contributed by atoms with Gasteiger partial charge in [-0.15, -0.1) is 12.4 Å². The second-order valence-electron chi connectivity index (χ2n) is 3.48. The van der Waals surface area contributed by atoms with E-state index in [1.807, 2.05) is 0 Å². The average molecular weight is 232 g/mol. The van der Waals surface area contributed by atoms with E-state index in [0.29, 0.717) is 0 Å². The molecule has 82 valence electrons. The Morgan fingerprint density at radius 3 is 2.80 bits per heavy atom. The molecule has 1 aliphatic carbocycles. The van der Waals surface area contributed by atoms with Gasteiger partial charge in [-0.2, -0.15) is 0 Å². The van der Waals surface area contributed by atoms with Gasteiger partial charge in [0.2, 0.25) is 0 Å². The normalized spacial score (nSPS) is 18.1. The SMILES string of the molecule is Cl.N[C@@H]1CCc2cc(F)c(C(=O)O)cc21. The van der Waals surface area contributed by atoms with Crippen LogP contribution in [0.4, 0.5) is 4.39 Å². The van der Waals surface area contributed by atoms with Crippen molar-refractivity contribution >= 4 is 18.4 Å². The monoisotopic (exact) mass is 231 g/mol. The second kappa shape index (κ2) is 4.16. The molecule has 0 amide bonds. The third kappa shape index (κ3) is 1.96. The van der Waals surface area contributed by atoms with Crippen LogP contribution in [-0.4, -0.2) is 11.1 Å². The van der Waals surface area contributed by atoms with Crippen LogP contribution in [0.1, 0.15) is 33.9 Å². The van der Waals surface area contributed by atoms with Gasteiger partial charge in [0.05, 0.1) is 5.56 Å². The minimum absolute atomic E-state index is 0. The molecule has 0 aromatic heterocycles. The highest BCUT2D eigenvalue weighted by Crippen LogP contribution is 2.31. The summed E-state index contributed by atoms with van der Waals surface area (Å²) < 4.78 is 13.2. The number of nitrogens with two attached hydrogens (primary N) is 1. The van der Waals surface area contributed by atoms with Crippen LogP contribution in [-0.2, 0) is 6.42 Å². The van der Waals surface area contributed by atoms with Crippen molar-refractivity contribution in [3.8, 4) is 0 Å². The third-order valence-electron chi connectivity index (χ3n) is 2.58. The zero-order valence-electron chi connectivity index (χ0n) is 7.87. The number of rotatable bonds is 1.